The van der Waals surface area contributed by atoms with E-state index < -0.39 is 6.10 Å². The van der Waals surface area contributed by atoms with E-state index in [1.54, 1.807) is 0 Å². The molecule has 1 atom stereocenters. The van der Waals surface area contributed by atoms with Crippen LogP contribution in [0.3, 0.4) is 0 Å². The molecule has 6 heteroatoms. The number of esters is 3. The molecule has 1 unspecified atom stereocenters. The maximum absolute atomic E-state index is 12.8. The first-order chi connectivity index (χ1) is 31.0. The molecule has 0 bridgehead atoms. The van der Waals surface area contributed by atoms with Gasteiger partial charge in [0.15, 0.2) is 6.10 Å². The van der Waals surface area contributed by atoms with E-state index >= 15 is 0 Å². The number of allylic oxidation sites excluding steroid dienone is 12. The van der Waals surface area contributed by atoms with Gasteiger partial charge in [-0.15, -0.1) is 0 Å². The minimum atomic E-state index is -0.803. The summed E-state index contributed by atoms with van der Waals surface area (Å²) in [4.78, 5) is 38.0. The van der Waals surface area contributed by atoms with Gasteiger partial charge in [-0.1, -0.05) is 248 Å². The Bertz CT molecular complexity index is 1190. The number of ether oxygens (including phenoxy) is 3. The van der Waals surface area contributed by atoms with Crippen molar-refractivity contribution in [3.8, 4) is 0 Å². The van der Waals surface area contributed by atoms with Crippen LogP contribution in [0.5, 0.6) is 0 Å². The Kier molecular flexibility index (Phi) is 48.9. The van der Waals surface area contributed by atoms with Gasteiger partial charge in [-0.3, -0.25) is 14.4 Å². The molecule has 0 spiro atoms. The Balaban J connectivity index is 4.44. The largest absolute Gasteiger partial charge is 0.462 e. The summed E-state index contributed by atoms with van der Waals surface area (Å²) in [6.07, 6.45) is 64.7. The lowest BCUT2D eigenvalue weighted by molar-refractivity contribution is -0.167. The minimum absolute atomic E-state index is 0.0983. The van der Waals surface area contributed by atoms with Crippen molar-refractivity contribution in [1.82, 2.24) is 0 Å². The van der Waals surface area contributed by atoms with Gasteiger partial charge in [-0.05, 0) is 57.8 Å². The van der Waals surface area contributed by atoms with Crippen LogP contribution in [-0.2, 0) is 28.6 Å². The fourth-order valence-electron chi connectivity index (χ4n) is 7.35. The highest BCUT2D eigenvalue weighted by Crippen LogP contribution is 2.15. The molecule has 0 fully saturated rings. The van der Waals surface area contributed by atoms with Crippen LogP contribution in [0, 0.1) is 0 Å². The minimum Gasteiger partial charge on any atom is -0.462 e. The van der Waals surface area contributed by atoms with Crippen molar-refractivity contribution >= 4 is 17.9 Å². The van der Waals surface area contributed by atoms with Gasteiger partial charge in [0.1, 0.15) is 13.2 Å². The predicted molar refractivity (Wildman–Crippen MR) is 270 cm³/mol. The van der Waals surface area contributed by atoms with E-state index in [0.717, 1.165) is 51.4 Å². The van der Waals surface area contributed by atoms with Crippen LogP contribution in [0.2, 0.25) is 0 Å². The first-order valence-corrected chi connectivity index (χ1v) is 26.5. The molecule has 0 rings (SSSR count). The molecule has 0 aliphatic rings. The molecule has 0 heterocycles. The second-order valence-corrected chi connectivity index (χ2v) is 17.5. The van der Waals surface area contributed by atoms with Crippen LogP contribution in [-0.4, -0.2) is 37.2 Å². The van der Waals surface area contributed by atoms with E-state index in [0.29, 0.717) is 19.3 Å². The molecule has 63 heavy (non-hydrogen) atoms. The molecule has 0 radical (unpaired) electrons. The van der Waals surface area contributed by atoms with E-state index in [1.165, 1.54) is 154 Å². The molecule has 0 aliphatic heterocycles. The van der Waals surface area contributed by atoms with Crippen LogP contribution in [0.1, 0.15) is 252 Å². The van der Waals surface area contributed by atoms with Gasteiger partial charge in [0.05, 0.1) is 0 Å². The number of carbonyl (C=O) groups excluding carboxylic acids is 3. The van der Waals surface area contributed by atoms with Gasteiger partial charge in [-0.25, -0.2) is 0 Å². The summed E-state index contributed by atoms with van der Waals surface area (Å²) in [5.41, 5.74) is 0. The first kappa shape index (κ1) is 59.9. The summed E-state index contributed by atoms with van der Waals surface area (Å²) in [5, 5.41) is 0. The lowest BCUT2D eigenvalue weighted by Crippen LogP contribution is -2.30. The average Bonchev–Trinajstić information content (AvgIpc) is 3.28. The number of carbonyl (C=O) groups is 3. The lowest BCUT2D eigenvalue weighted by Gasteiger charge is -2.18. The number of unbranched alkanes of at least 4 members (excludes halogenated alkanes) is 28. The quantitative estimate of drug-likeness (QED) is 0.0199. The van der Waals surface area contributed by atoms with E-state index in [1.807, 2.05) is 54.7 Å². The van der Waals surface area contributed by atoms with Crippen molar-refractivity contribution in [1.29, 1.82) is 0 Å². The maximum Gasteiger partial charge on any atom is 0.306 e. The molecule has 0 amide bonds. The molecule has 0 aromatic heterocycles. The van der Waals surface area contributed by atoms with Crippen molar-refractivity contribution in [2.45, 2.75) is 258 Å². The van der Waals surface area contributed by atoms with Crippen molar-refractivity contribution < 1.29 is 28.6 Å². The second kappa shape index (κ2) is 51.5. The van der Waals surface area contributed by atoms with Crippen LogP contribution >= 0.6 is 0 Å². The fourth-order valence-corrected chi connectivity index (χ4v) is 7.35. The third kappa shape index (κ3) is 49.7. The molecular weight excluding hydrogens is 781 g/mol. The molecule has 0 N–H and O–H groups in total. The Labute approximate surface area is 389 Å². The van der Waals surface area contributed by atoms with Crippen LogP contribution in [0.4, 0.5) is 0 Å². The zero-order chi connectivity index (χ0) is 45.8. The van der Waals surface area contributed by atoms with Crippen molar-refractivity contribution in [2.24, 2.45) is 0 Å². The predicted octanol–water partition coefficient (Wildman–Crippen LogP) is 17.4. The fraction of sp³-hybridized carbons (Fsp3) is 0.737. The third-order valence-corrected chi connectivity index (χ3v) is 11.3. The first-order valence-electron chi connectivity index (χ1n) is 26.5. The highest BCUT2D eigenvalue weighted by molar-refractivity contribution is 5.71. The number of hydrogen-bond acceptors (Lipinski definition) is 6. The lowest BCUT2D eigenvalue weighted by atomic mass is 10.0. The van der Waals surface area contributed by atoms with E-state index in [4.69, 9.17) is 14.2 Å². The summed E-state index contributed by atoms with van der Waals surface area (Å²) >= 11 is 0. The highest BCUT2D eigenvalue weighted by atomic mass is 16.6. The number of hydrogen-bond donors (Lipinski definition) is 0. The van der Waals surface area contributed by atoms with Crippen molar-refractivity contribution in [3.63, 3.8) is 0 Å². The smallest absolute Gasteiger partial charge is 0.306 e. The monoisotopic (exact) mass is 879 g/mol. The molecule has 362 valence electrons. The maximum atomic E-state index is 12.8. The molecule has 6 nitrogen and oxygen atoms in total. The molecule has 0 saturated carbocycles. The molecule has 0 aromatic rings. The summed E-state index contributed by atoms with van der Waals surface area (Å²) in [7, 11) is 0. The topological polar surface area (TPSA) is 78.9 Å². The van der Waals surface area contributed by atoms with Crippen LogP contribution in [0.15, 0.2) is 72.9 Å². The summed E-state index contributed by atoms with van der Waals surface area (Å²) in [6.45, 7) is 6.44. The van der Waals surface area contributed by atoms with Gasteiger partial charge in [0.25, 0.3) is 0 Å². The van der Waals surface area contributed by atoms with E-state index in [-0.39, 0.29) is 37.5 Å². The summed E-state index contributed by atoms with van der Waals surface area (Å²) in [6, 6.07) is 0. The summed E-state index contributed by atoms with van der Waals surface area (Å²) in [5.74, 6) is -0.974. The third-order valence-electron chi connectivity index (χ3n) is 11.3. The molecule has 0 saturated heterocycles. The van der Waals surface area contributed by atoms with E-state index in [9.17, 15) is 14.4 Å². The average molecular weight is 879 g/mol. The number of rotatable bonds is 47. The Morgan fingerprint density at radius 1 is 0.333 bits per heavy atom. The highest BCUT2D eigenvalue weighted by Gasteiger charge is 2.19. The van der Waals surface area contributed by atoms with Crippen molar-refractivity contribution in [3.05, 3.63) is 72.9 Å². The Morgan fingerprint density at radius 2 is 0.651 bits per heavy atom. The van der Waals surface area contributed by atoms with Gasteiger partial charge >= 0.3 is 17.9 Å². The second-order valence-electron chi connectivity index (χ2n) is 17.5. The molecule has 0 aliphatic carbocycles. The Morgan fingerprint density at radius 3 is 1.06 bits per heavy atom. The van der Waals surface area contributed by atoms with Gasteiger partial charge < -0.3 is 14.2 Å². The van der Waals surface area contributed by atoms with Gasteiger partial charge in [0.2, 0.25) is 0 Å². The zero-order valence-electron chi connectivity index (χ0n) is 41.3. The van der Waals surface area contributed by atoms with Gasteiger partial charge in [-0.2, -0.15) is 0 Å². The summed E-state index contributed by atoms with van der Waals surface area (Å²) < 4.78 is 16.7. The molecule has 0 aromatic carbocycles. The van der Waals surface area contributed by atoms with Crippen LogP contribution < -0.4 is 0 Å². The Hall–Kier alpha value is -3.15. The zero-order valence-corrected chi connectivity index (χ0v) is 41.3. The molecular formula is C57H98O6. The standard InChI is InChI=1S/C57H98O6/c1-4-7-10-13-16-19-22-25-27-28-30-32-35-38-41-44-47-50-56(59)62-53-54(52-61-55(58)49-46-43-40-37-34-31-24-21-18-15-12-9-6-3)63-57(60)51-48-45-42-39-36-33-29-26-23-20-17-14-11-8-5-2/h9,12,15,18,21,24-25,27,31,34,37,40,54H,4-8,10-11,13-14,16-17,19-20,22-23,26,28-30,32-33,35-36,38-39,41-53H2,1-3H3/b12-9-,18-15-,24-21-,27-25-,34-31-,40-37-. The van der Waals surface area contributed by atoms with E-state index in [2.05, 4.69) is 39.0 Å². The van der Waals surface area contributed by atoms with Crippen LogP contribution in [0.25, 0.3) is 0 Å². The van der Waals surface area contributed by atoms with Gasteiger partial charge in [0, 0.05) is 19.3 Å². The normalized spacial score (nSPS) is 12.6. The van der Waals surface area contributed by atoms with Crippen molar-refractivity contribution in [2.75, 3.05) is 13.2 Å². The SMILES string of the molecule is CC\C=C/C=C\C=C/C=C\C=C/CCCC(=O)OCC(COC(=O)CCCCCCCCC/C=C\CCCCCCCC)OC(=O)CCCCCCCCCCCCCCCCC.